The Balaban J connectivity index is 1.63. The quantitative estimate of drug-likeness (QED) is 0.457. The summed E-state index contributed by atoms with van der Waals surface area (Å²) in [5, 5.41) is 5.36. The molecule has 0 radical (unpaired) electrons. The number of rotatable bonds is 5. The highest BCUT2D eigenvalue weighted by Crippen LogP contribution is 2.34. The lowest BCUT2D eigenvalue weighted by Crippen LogP contribution is -2.36. The van der Waals surface area contributed by atoms with Crippen LogP contribution in [0.25, 0.3) is 20.7 Å². The van der Waals surface area contributed by atoms with E-state index in [-0.39, 0.29) is 11.5 Å². The summed E-state index contributed by atoms with van der Waals surface area (Å²) < 4.78 is 1.69. The van der Waals surface area contributed by atoms with Gasteiger partial charge in [0.1, 0.15) is 4.83 Å². The Morgan fingerprint density at radius 1 is 1.26 bits per heavy atom. The number of carbonyl (C=O) groups excluding carboxylic acids is 1. The van der Waals surface area contributed by atoms with Crippen LogP contribution in [-0.4, -0.2) is 39.2 Å². The third-order valence-electron chi connectivity index (χ3n) is 4.80. The topological polar surface area (TPSA) is 55.2 Å². The molecular formula is C19H21N3O2S3. The highest BCUT2D eigenvalue weighted by Gasteiger charge is 2.20. The Kier molecular flexibility index (Phi) is 5.66. The maximum absolute atomic E-state index is 13.1. The van der Waals surface area contributed by atoms with Gasteiger partial charge in [0.15, 0.2) is 5.16 Å². The molecule has 1 amide bonds. The number of amides is 1. The molecule has 4 rings (SSSR count). The number of piperidine rings is 1. The van der Waals surface area contributed by atoms with Gasteiger partial charge in [-0.2, -0.15) is 0 Å². The van der Waals surface area contributed by atoms with Gasteiger partial charge in [-0.3, -0.25) is 14.2 Å². The third-order valence-corrected chi connectivity index (χ3v) is 7.53. The minimum atomic E-state index is -0.0138. The van der Waals surface area contributed by atoms with E-state index in [1.165, 1.54) is 29.5 Å². The molecule has 0 aromatic carbocycles. The number of carbonyl (C=O) groups is 1. The van der Waals surface area contributed by atoms with Crippen LogP contribution >= 0.6 is 34.4 Å². The molecule has 0 bridgehead atoms. The smallest absolute Gasteiger partial charge is 0.263 e. The Hall–Kier alpha value is -1.64. The zero-order chi connectivity index (χ0) is 18.8. The first-order chi connectivity index (χ1) is 13.2. The zero-order valence-electron chi connectivity index (χ0n) is 15.1. The summed E-state index contributed by atoms with van der Waals surface area (Å²) in [6.07, 6.45) is 3.37. The summed E-state index contributed by atoms with van der Waals surface area (Å²) in [6.45, 7) is 4.19. The van der Waals surface area contributed by atoms with Gasteiger partial charge in [0.2, 0.25) is 5.91 Å². The van der Waals surface area contributed by atoms with Gasteiger partial charge in [-0.1, -0.05) is 17.8 Å². The van der Waals surface area contributed by atoms with Gasteiger partial charge < -0.3 is 4.90 Å². The fraction of sp³-hybridized carbons (Fsp3) is 0.421. The Morgan fingerprint density at radius 3 is 2.78 bits per heavy atom. The van der Waals surface area contributed by atoms with Crippen molar-refractivity contribution in [2.24, 2.45) is 0 Å². The van der Waals surface area contributed by atoms with Gasteiger partial charge in [0.05, 0.1) is 11.1 Å². The molecule has 0 spiro atoms. The van der Waals surface area contributed by atoms with E-state index < -0.39 is 0 Å². The van der Waals surface area contributed by atoms with Crippen LogP contribution in [0.3, 0.4) is 0 Å². The molecule has 4 heterocycles. The molecule has 1 saturated heterocycles. The monoisotopic (exact) mass is 419 g/mol. The summed E-state index contributed by atoms with van der Waals surface area (Å²) in [5.74, 6) is 0.475. The van der Waals surface area contributed by atoms with E-state index in [0.717, 1.165) is 41.2 Å². The minimum Gasteiger partial charge on any atom is -0.342 e. The summed E-state index contributed by atoms with van der Waals surface area (Å²) in [6, 6.07) is 4.02. The molecule has 3 aromatic rings. The average molecular weight is 420 g/mol. The van der Waals surface area contributed by atoms with Crippen LogP contribution in [0.5, 0.6) is 0 Å². The molecule has 8 heteroatoms. The van der Waals surface area contributed by atoms with Gasteiger partial charge in [0, 0.05) is 35.5 Å². The molecule has 0 N–H and O–H groups in total. The van der Waals surface area contributed by atoms with Gasteiger partial charge in [0.25, 0.3) is 5.56 Å². The summed E-state index contributed by atoms with van der Waals surface area (Å²) in [7, 11) is 0. The molecule has 0 atom stereocenters. The van der Waals surface area contributed by atoms with E-state index in [2.05, 4.69) is 0 Å². The number of fused-ring (bicyclic) bond motifs is 1. The van der Waals surface area contributed by atoms with Crippen LogP contribution in [0.4, 0.5) is 0 Å². The number of hydrogen-bond donors (Lipinski definition) is 0. The number of aromatic nitrogens is 2. The Labute approximate surface area is 170 Å². The summed E-state index contributed by atoms with van der Waals surface area (Å²) in [4.78, 5) is 34.1. The van der Waals surface area contributed by atoms with Crippen molar-refractivity contribution in [1.82, 2.24) is 14.5 Å². The van der Waals surface area contributed by atoms with Gasteiger partial charge in [-0.05, 0) is 37.6 Å². The molecule has 0 saturated carbocycles. The van der Waals surface area contributed by atoms with Crippen molar-refractivity contribution in [3.8, 4) is 10.4 Å². The molecule has 27 heavy (non-hydrogen) atoms. The first-order valence-electron chi connectivity index (χ1n) is 9.15. The first-order valence-corrected chi connectivity index (χ1v) is 11.9. The SMILES string of the molecule is CCn1c(SCC(=O)N2CCCCC2)nc2scc(-c3cccs3)c2c1=O. The molecule has 1 aliphatic heterocycles. The van der Waals surface area contributed by atoms with E-state index in [9.17, 15) is 9.59 Å². The number of thiophene rings is 2. The van der Waals surface area contributed by atoms with Crippen molar-refractivity contribution < 1.29 is 4.79 Å². The van der Waals surface area contributed by atoms with Crippen LogP contribution in [0, 0.1) is 0 Å². The van der Waals surface area contributed by atoms with E-state index >= 15 is 0 Å². The van der Waals surface area contributed by atoms with Crippen LogP contribution in [0.2, 0.25) is 0 Å². The second-order valence-corrected chi connectivity index (χ2v) is 9.23. The molecule has 0 aliphatic carbocycles. The van der Waals surface area contributed by atoms with Crippen LogP contribution in [0.15, 0.2) is 32.8 Å². The van der Waals surface area contributed by atoms with Crippen LogP contribution in [-0.2, 0) is 11.3 Å². The normalized spacial score (nSPS) is 14.8. The minimum absolute atomic E-state index is 0.0138. The van der Waals surface area contributed by atoms with Crippen LogP contribution in [0.1, 0.15) is 26.2 Å². The van der Waals surface area contributed by atoms with Crippen LogP contribution < -0.4 is 5.56 Å². The van der Waals surface area contributed by atoms with Gasteiger partial charge >= 0.3 is 0 Å². The van der Waals surface area contributed by atoms with Gasteiger partial charge in [-0.15, -0.1) is 22.7 Å². The fourth-order valence-corrected chi connectivity index (χ4v) is 6.14. The van der Waals surface area contributed by atoms with Gasteiger partial charge in [-0.25, -0.2) is 4.98 Å². The van der Waals surface area contributed by atoms with Crippen molar-refractivity contribution in [3.63, 3.8) is 0 Å². The van der Waals surface area contributed by atoms with E-state index in [0.29, 0.717) is 22.8 Å². The van der Waals surface area contributed by atoms with E-state index in [1.54, 1.807) is 15.9 Å². The molecule has 0 unspecified atom stereocenters. The van der Waals surface area contributed by atoms with E-state index in [1.807, 2.05) is 34.7 Å². The highest BCUT2D eigenvalue weighted by atomic mass is 32.2. The maximum Gasteiger partial charge on any atom is 0.263 e. The Bertz CT molecular complexity index is 1000. The lowest BCUT2D eigenvalue weighted by Gasteiger charge is -2.26. The standard InChI is InChI=1S/C19H21N3O2S3/c1-2-22-18(24)16-13(14-7-6-10-25-14)11-26-17(16)20-19(22)27-12-15(23)21-8-4-3-5-9-21/h6-7,10-11H,2-5,8-9,12H2,1H3. The second kappa shape index (κ2) is 8.16. The molecule has 1 aliphatic rings. The first kappa shape index (κ1) is 18.7. The molecule has 142 valence electrons. The number of likely N-dealkylation sites (tertiary alicyclic amines) is 1. The van der Waals surface area contributed by atoms with E-state index in [4.69, 9.17) is 4.98 Å². The van der Waals surface area contributed by atoms with Crippen molar-refractivity contribution in [3.05, 3.63) is 33.2 Å². The number of hydrogen-bond acceptors (Lipinski definition) is 6. The average Bonchev–Trinajstić information content (AvgIpc) is 3.36. The van der Waals surface area contributed by atoms with Crippen molar-refractivity contribution in [2.75, 3.05) is 18.8 Å². The lowest BCUT2D eigenvalue weighted by atomic mass is 10.1. The highest BCUT2D eigenvalue weighted by molar-refractivity contribution is 7.99. The predicted molar refractivity (Wildman–Crippen MR) is 114 cm³/mol. The lowest BCUT2D eigenvalue weighted by molar-refractivity contribution is -0.129. The molecule has 3 aromatic heterocycles. The number of thioether (sulfide) groups is 1. The molecule has 5 nitrogen and oxygen atoms in total. The largest absolute Gasteiger partial charge is 0.342 e. The Morgan fingerprint density at radius 2 is 2.07 bits per heavy atom. The van der Waals surface area contributed by atoms with Crippen molar-refractivity contribution in [1.29, 1.82) is 0 Å². The second-order valence-electron chi connectivity index (χ2n) is 6.48. The molecular weight excluding hydrogens is 398 g/mol. The maximum atomic E-state index is 13.1. The van der Waals surface area contributed by atoms with Crippen molar-refractivity contribution >= 4 is 50.6 Å². The summed E-state index contributed by atoms with van der Waals surface area (Å²) >= 11 is 4.50. The number of nitrogens with zero attached hydrogens (tertiary/aromatic N) is 3. The summed E-state index contributed by atoms with van der Waals surface area (Å²) in [5.41, 5.74) is 0.950. The van der Waals surface area contributed by atoms with Crippen molar-refractivity contribution in [2.45, 2.75) is 37.9 Å². The fourth-order valence-electron chi connectivity index (χ4n) is 3.37. The molecule has 1 fully saturated rings. The third kappa shape index (κ3) is 3.70. The zero-order valence-corrected chi connectivity index (χ0v) is 17.6. The predicted octanol–water partition coefficient (Wildman–Crippen LogP) is 4.31.